The van der Waals surface area contributed by atoms with Gasteiger partial charge < -0.3 is 4.74 Å². The number of urea groups is 1. The molecule has 0 radical (unpaired) electrons. The zero-order valence-electron chi connectivity index (χ0n) is 25.4. The summed E-state index contributed by atoms with van der Waals surface area (Å²) in [6.45, 7) is 4.30. The Kier molecular flexibility index (Phi) is 9.36. The number of aliphatic imine (C=N–C) groups is 1. The van der Waals surface area contributed by atoms with Gasteiger partial charge in [0.15, 0.2) is 11.0 Å². The Morgan fingerprint density at radius 2 is 1.74 bits per heavy atom. The fourth-order valence-corrected chi connectivity index (χ4v) is 5.55. The number of amidine groups is 1. The number of aryl methyl sites for hydroxylation is 1. The molecule has 0 aliphatic carbocycles. The van der Waals surface area contributed by atoms with Crippen molar-refractivity contribution in [3.63, 3.8) is 0 Å². The van der Waals surface area contributed by atoms with Crippen molar-refractivity contribution in [1.29, 1.82) is 0 Å². The van der Waals surface area contributed by atoms with E-state index in [0.29, 0.717) is 22.6 Å². The summed E-state index contributed by atoms with van der Waals surface area (Å²) >= 11 is 0.983. The molecule has 1 saturated heterocycles. The molecule has 5 rings (SSSR count). The lowest BCUT2D eigenvalue weighted by Gasteiger charge is -2.25. The summed E-state index contributed by atoms with van der Waals surface area (Å²) in [4.78, 5) is 35.0. The maximum atomic E-state index is 14.4. The van der Waals surface area contributed by atoms with Gasteiger partial charge in [-0.1, -0.05) is 48.2 Å². The monoisotopic (exact) mass is 673 g/mol. The van der Waals surface area contributed by atoms with Gasteiger partial charge in [0, 0.05) is 25.1 Å². The van der Waals surface area contributed by atoms with Crippen LogP contribution in [0.25, 0.3) is 17.1 Å². The van der Waals surface area contributed by atoms with E-state index in [1.54, 1.807) is 26.1 Å². The van der Waals surface area contributed by atoms with Gasteiger partial charge in [-0.25, -0.2) is 28.3 Å². The van der Waals surface area contributed by atoms with Crippen LogP contribution < -0.4 is 15.1 Å². The molecular weight excluding hydrogens is 645 g/mol. The maximum absolute atomic E-state index is 14.4. The second kappa shape index (κ2) is 13.1. The fourth-order valence-electron chi connectivity index (χ4n) is 4.69. The number of hydrogen-bond acceptors (Lipinski definition) is 7. The van der Waals surface area contributed by atoms with Crippen LogP contribution in [0.3, 0.4) is 0 Å². The number of nitrogens with one attached hydrogen (secondary N) is 1. The Morgan fingerprint density at radius 3 is 2.38 bits per heavy atom. The number of aromatic nitrogens is 3. The van der Waals surface area contributed by atoms with Crippen molar-refractivity contribution in [2.45, 2.75) is 39.1 Å². The number of anilines is 1. The molecule has 1 N–H and O–H groups in total. The Morgan fingerprint density at radius 1 is 1.06 bits per heavy atom. The first-order chi connectivity index (χ1) is 22.1. The van der Waals surface area contributed by atoms with Gasteiger partial charge in [-0.2, -0.15) is 4.99 Å². The molecule has 1 unspecified atom stereocenters. The van der Waals surface area contributed by atoms with Crippen molar-refractivity contribution in [2.24, 2.45) is 4.99 Å². The Balaban J connectivity index is 1.24. The molecule has 1 fully saturated rings. The molecule has 1 aliphatic heterocycles. The third kappa shape index (κ3) is 7.94. The lowest BCUT2D eigenvalue weighted by molar-refractivity contribution is -0.274. The molecule has 0 bridgehead atoms. The summed E-state index contributed by atoms with van der Waals surface area (Å²) < 4.78 is 71.3. The number of benzene rings is 3. The average Bonchev–Trinajstić information content (AvgIpc) is 3.62. The van der Waals surface area contributed by atoms with E-state index in [0.717, 1.165) is 29.1 Å². The minimum absolute atomic E-state index is 0.00785. The first-order valence-corrected chi connectivity index (χ1v) is 15.0. The van der Waals surface area contributed by atoms with Gasteiger partial charge >= 0.3 is 12.4 Å². The summed E-state index contributed by atoms with van der Waals surface area (Å²) in [6.07, 6.45) is -3.36. The summed E-state index contributed by atoms with van der Waals surface area (Å²) in [7, 11) is 1.63. The van der Waals surface area contributed by atoms with Gasteiger partial charge in [0.1, 0.15) is 12.1 Å². The van der Waals surface area contributed by atoms with Crippen LogP contribution in [0.15, 0.2) is 78.0 Å². The van der Waals surface area contributed by atoms with E-state index in [9.17, 15) is 31.5 Å². The minimum Gasteiger partial charge on any atom is -0.406 e. The van der Waals surface area contributed by atoms with Crippen molar-refractivity contribution < 1.29 is 36.3 Å². The quantitative estimate of drug-likeness (QED) is 0.159. The van der Waals surface area contributed by atoms with Crippen molar-refractivity contribution in [2.75, 3.05) is 17.7 Å². The summed E-state index contributed by atoms with van der Waals surface area (Å²) in [5.74, 6) is -3.72. The van der Waals surface area contributed by atoms with Crippen LogP contribution in [0.2, 0.25) is 0 Å². The fraction of sp³-hybridized carbons (Fsp3) is 0.258. The molecule has 3 amide bonds. The highest BCUT2D eigenvalue weighted by Crippen LogP contribution is 2.38. The number of halogens is 5. The summed E-state index contributed by atoms with van der Waals surface area (Å²) in [6, 6.07) is 15.5. The molecule has 1 atom stereocenters. The molecule has 246 valence electrons. The summed E-state index contributed by atoms with van der Waals surface area (Å²) in [5.41, 5.74) is 4.90. The molecule has 2 heterocycles. The van der Waals surface area contributed by atoms with Gasteiger partial charge in [-0.05, 0) is 55.3 Å². The SMILES string of the molecule is Cc1ccc(C(C)(F)F)c(N2C(=O)CSC2=NC(=O)NN(C)C(C)c2ccc(-c3ncn(-c4ccc(OC(F)(F)F)cc4)n3)cc2)c1. The van der Waals surface area contributed by atoms with Crippen molar-refractivity contribution in [3.8, 4) is 22.8 Å². The van der Waals surface area contributed by atoms with Crippen LogP contribution in [-0.2, 0) is 10.7 Å². The number of amides is 3. The highest BCUT2D eigenvalue weighted by Gasteiger charge is 2.37. The maximum Gasteiger partial charge on any atom is 0.573 e. The van der Waals surface area contributed by atoms with E-state index in [4.69, 9.17) is 0 Å². The van der Waals surface area contributed by atoms with Gasteiger partial charge in [0.05, 0.1) is 23.2 Å². The van der Waals surface area contributed by atoms with Gasteiger partial charge in [-0.3, -0.25) is 15.1 Å². The standard InChI is InChI=1S/C31H28F5N7O3S/c1-18-5-14-24(30(3,32)33)25(15-18)43-26(44)16-47-29(43)38-28(45)40-41(4)19(2)20-6-8-21(9-7-20)27-37-17-42(39-27)22-10-12-23(13-11-22)46-31(34,35)36/h5-15,17,19H,16H2,1-4H3,(H,40,45). The lowest BCUT2D eigenvalue weighted by Crippen LogP contribution is -2.40. The van der Waals surface area contributed by atoms with Crippen LogP contribution in [0.5, 0.6) is 5.75 Å². The third-order valence-electron chi connectivity index (χ3n) is 7.16. The first kappa shape index (κ1) is 33.5. The second-order valence-corrected chi connectivity index (χ2v) is 11.6. The molecular formula is C31H28F5N7O3S. The van der Waals surface area contributed by atoms with Crippen molar-refractivity contribution >= 4 is 34.6 Å². The number of nitrogens with zero attached hydrogens (tertiary/aromatic N) is 6. The number of hydrogen-bond donors (Lipinski definition) is 1. The lowest BCUT2D eigenvalue weighted by atomic mass is 10.0. The number of hydrazine groups is 1. The van der Waals surface area contributed by atoms with Gasteiger partial charge in [0.25, 0.3) is 5.92 Å². The predicted molar refractivity (Wildman–Crippen MR) is 166 cm³/mol. The van der Waals surface area contributed by atoms with Crippen molar-refractivity contribution in [1.82, 2.24) is 25.2 Å². The average molecular weight is 674 g/mol. The van der Waals surface area contributed by atoms with Crippen molar-refractivity contribution in [3.05, 3.63) is 89.7 Å². The highest BCUT2D eigenvalue weighted by molar-refractivity contribution is 8.15. The molecule has 1 aliphatic rings. The van der Waals surface area contributed by atoms with E-state index in [1.807, 2.05) is 19.1 Å². The minimum atomic E-state index is -4.79. The summed E-state index contributed by atoms with van der Waals surface area (Å²) in [5, 5.41) is 5.91. The topological polar surface area (TPSA) is 105 Å². The number of carbonyl (C=O) groups excluding carboxylic acids is 2. The molecule has 10 nitrogen and oxygen atoms in total. The number of carbonyl (C=O) groups is 2. The van der Waals surface area contributed by atoms with Crippen LogP contribution in [0.1, 0.15) is 36.6 Å². The predicted octanol–water partition coefficient (Wildman–Crippen LogP) is 7.01. The zero-order valence-corrected chi connectivity index (χ0v) is 26.2. The van der Waals surface area contributed by atoms with Crippen LogP contribution >= 0.6 is 11.8 Å². The molecule has 4 aromatic rings. The number of thioether (sulfide) groups is 1. The molecule has 47 heavy (non-hydrogen) atoms. The molecule has 0 spiro atoms. The number of alkyl halides is 5. The van der Waals surface area contributed by atoms with Crippen LogP contribution in [0.4, 0.5) is 32.4 Å². The molecule has 0 saturated carbocycles. The van der Waals surface area contributed by atoms with E-state index in [1.165, 1.54) is 58.5 Å². The Bertz CT molecular complexity index is 1810. The normalized spacial score (nSPS) is 15.4. The van der Waals surface area contributed by atoms with Crippen LogP contribution in [0, 0.1) is 6.92 Å². The van der Waals surface area contributed by atoms with Gasteiger partial charge in [0.2, 0.25) is 5.91 Å². The molecule has 3 aromatic carbocycles. The Hall–Kier alpha value is -4.83. The smallest absolute Gasteiger partial charge is 0.406 e. The van der Waals surface area contributed by atoms with Gasteiger partial charge in [-0.15, -0.1) is 18.3 Å². The zero-order chi connectivity index (χ0) is 34.1. The van der Waals surface area contributed by atoms with E-state index >= 15 is 0 Å². The van der Waals surface area contributed by atoms with E-state index in [-0.39, 0.29) is 34.0 Å². The number of ether oxygens (including phenoxy) is 1. The van der Waals surface area contributed by atoms with E-state index in [2.05, 4.69) is 25.2 Å². The Labute approximate surface area is 270 Å². The first-order valence-electron chi connectivity index (χ1n) is 14.0. The van der Waals surface area contributed by atoms with E-state index < -0.39 is 24.2 Å². The number of rotatable bonds is 8. The third-order valence-corrected chi connectivity index (χ3v) is 8.08. The molecule has 16 heteroatoms. The largest absolute Gasteiger partial charge is 0.573 e. The highest BCUT2D eigenvalue weighted by atomic mass is 32.2. The molecule has 1 aromatic heterocycles. The van der Waals surface area contributed by atoms with Crippen LogP contribution in [-0.4, -0.2) is 56.0 Å². The second-order valence-electron chi connectivity index (χ2n) is 10.7.